The van der Waals surface area contributed by atoms with Crippen LogP contribution in [0.1, 0.15) is 5.56 Å². The minimum atomic E-state index is -0.162. The van der Waals surface area contributed by atoms with Crippen molar-refractivity contribution in [2.24, 2.45) is 0 Å². The molecule has 1 fully saturated rings. The third-order valence-corrected chi connectivity index (χ3v) is 4.82. The number of para-hydroxylation sites is 1. The van der Waals surface area contributed by atoms with Gasteiger partial charge in [0.05, 0.1) is 5.69 Å². The van der Waals surface area contributed by atoms with E-state index in [0.717, 1.165) is 41.2 Å². The predicted molar refractivity (Wildman–Crippen MR) is 96.0 cm³/mol. The summed E-state index contributed by atoms with van der Waals surface area (Å²) in [5, 5.41) is 0. The molecular formula is C17H16BrFN2S. The van der Waals surface area contributed by atoms with E-state index in [1.165, 1.54) is 6.07 Å². The first-order valence-electron chi connectivity index (χ1n) is 7.19. The number of piperazine rings is 1. The Labute approximate surface area is 143 Å². The van der Waals surface area contributed by atoms with Crippen LogP contribution in [0.5, 0.6) is 0 Å². The molecule has 0 amide bonds. The van der Waals surface area contributed by atoms with Crippen LogP contribution in [0.2, 0.25) is 0 Å². The summed E-state index contributed by atoms with van der Waals surface area (Å²) in [4.78, 5) is 5.12. The zero-order chi connectivity index (χ0) is 15.5. The Morgan fingerprint density at radius 1 is 1.00 bits per heavy atom. The number of hydrogen-bond donors (Lipinski definition) is 0. The van der Waals surface area contributed by atoms with Crippen LogP contribution in [-0.4, -0.2) is 36.1 Å². The Hall–Kier alpha value is -1.46. The van der Waals surface area contributed by atoms with Crippen molar-refractivity contribution in [3.63, 3.8) is 0 Å². The molecule has 5 heteroatoms. The number of halogens is 2. The van der Waals surface area contributed by atoms with Gasteiger partial charge in [-0.15, -0.1) is 0 Å². The van der Waals surface area contributed by atoms with E-state index in [1.54, 1.807) is 6.07 Å². The van der Waals surface area contributed by atoms with E-state index in [9.17, 15) is 4.39 Å². The van der Waals surface area contributed by atoms with E-state index in [4.69, 9.17) is 12.2 Å². The number of nitrogens with zero attached hydrogens (tertiary/aromatic N) is 2. The van der Waals surface area contributed by atoms with E-state index in [0.29, 0.717) is 5.69 Å². The zero-order valence-corrected chi connectivity index (χ0v) is 14.4. The lowest BCUT2D eigenvalue weighted by Gasteiger charge is -2.37. The third-order valence-electron chi connectivity index (χ3n) is 3.83. The molecule has 1 saturated heterocycles. The highest BCUT2D eigenvalue weighted by Crippen LogP contribution is 2.21. The Balaban J connectivity index is 1.67. The molecule has 0 aromatic heterocycles. The minimum Gasteiger partial charge on any atom is -0.366 e. The molecule has 0 spiro atoms. The van der Waals surface area contributed by atoms with Crippen molar-refractivity contribution < 1.29 is 4.39 Å². The van der Waals surface area contributed by atoms with Crippen molar-refractivity contribution in [1.82, 2.24) is 4.90 Å². The predicted octanol–water partition coefficient (Wildman–Crippen LogP) is 4.09. The largest absolute Gasteiger partial charge is 0.366 e. The fourth-order valence-electron chi connectivity index (χ4n) is 2.66. The summed E-state index contributed by atoms with van der Waals surface area (Å²) in [5.41, 5.74) is 1.72. The highest BCUT2D eigenvalue weighted by atomic mass is 79.9. The molecule has 2 aromatic rings. The fourth-order valence-corrected chi connectivity index (χ4v) is 3.37. The number of thiocarbonyl (C=S) groups is 1. The summed E-state index contributed by atoms with van der Waals surface area (Å²) in [7, 11) is 0. The maximum atomic E-state index is 13.9. The maximum absolute atomic E-state index is 13.9. The van der Waals surface area contributed by atoms with Crippen molar-refractivity contribution in [2.45, 2.75) is 0 Å². The smallest absolute Gasteiger partial charge is 0.146 e. The molecule has 0 N–H and O–H groups in total. The maximum Gasteiger partial charge on any atom is 0.146 e. The highest BCUT2D eigenvalue weighted by Gasteiger charge is 2.21. The number of hydrogen-bond acceptors (Lipinski definition) is 2. The van der Waals surface area contributed by atoms with Crippen molar-refractivity contribution in [1.29, 1.82) is 0 Å². The summed E-state index contributed by atoms with van der Waals surface area (Å²) in [5.74, 6) is -0.162. The van der Waals surface area contributed by atoms with Crippen LogP contribution in [0.25, 0.3) is 0 Å². The third kappa shape index (κ3) is 3.31. The Morgan fingerprint density at radius 3 is 2.41 bits per heavy atom. The molecule has 0 bridgehead atoms. The van der Waals surface area contributed by atoms with Gasteiger partial charge in [0, 0.05) is 36.2 Å². The van der Waals surface area contributed by atoms with E-state index in [-0.39, 0.29) is 5.82 Å². The first-order chi connectivity index (χ1) is 10.6. The van der Waals surface area contributed by atoms with Gasteiger partial charge < -0.3 is 9.80 Å². The SMILES string of the molecule is Fc1ccccc1N1CCN(C(=S)c2cccc(Br)c2)CC1. The Morgan fingerprint density at radius 2 is 1.73 bits per heavy atom. The van der Waals surface area contributed by atoms with Gasteiger partial charge in [-0.1, -0.05) is 52.4 Å². The van der Waals surface area contributed by atoms with Crippen molar-refractivity contribution in [3.8, 4) is 0 Å². The summed E-state index contributed by atoms with van der Waals surface area (Å²) < 4.78 is 14.9. The van der Waals surface area contributed by atoms with Gasteiger partial charge in [-0.3, -0.25) is 0 Å². The standard InChI is InChI=1S/C17H16BrFN2S/c18-14-5-3-4-13(12-14)17(22)21-10-8-20(9-11-21)16-7-2-1-6-15(16)19/h1-7,12H,8-11H2. The van der Waals surface area contributed by atoms with Crippen molar-refractivity contribution in [3.05, 3.63) is 64.4 Å². The van der Waals surface area contributed by atoms with Crippen molar-refractivity contribution >= 4 is 38.8 Å². The highest BCUT2D eigenvalue weighted by molar-refractivity contribution is 9.10. The van der Waals surface area contributed by atoms with Gasteiger partial charge in [0.25, 0.3) is 0 Å². The molecule has 114 valence electrons. The van der Waals surface area contributed by atoms with Gasteiger partial charge in [0.1, 0.15) is 10.8 Å². The molecule has 1 aliphatic heterocycles. The molecule has 22 heavy (non-hydrogen) atoms. The molecule has 2 nitrogen and oxygen atoms in total. The number of rotatable bonds is 2. The molecular weight excluding hydrogens is 363 g/mol. The van der Waals surface area contributed by atoms with Crippen LogP contribution >= 0.6 is 28.1 Å². The van der Waals surface area contributed by atoms with Gasteiger partial charge in [0.15, 0.2) is 0 Å². The van der Waals surface area contributed by atoms with Crippen LogP contribution in [0.4, 0.5) is 10.1 Å². The number of anilines is 1. The average molecular weight is 379 g/mol. The number of benzene rings is 2. The van der Waals surface area contributed by atoms with E-state index in [1.807, 2.05) is 36.4 Å². The van der Waals surface area contributed by atoms with Gasteiger partial charge in [-0.25, -0.2) is 4.39 Å². The second-order valence-corrected chi connectivity index (χ2v) is 6.54. The topological polar surface area (TPSA) is 6.48 Å². The monoisotopic (exact) mass is 378 g/mol. The molecule has 0 unspecified atom stereocenters. The molecule has 1 heterocycles. The molecule has 0 atom stereocenters. The van der Waals surface area contributed by atoms with Crippen LogP contribution in [0, 0.1) is 5.82 Å². The fraction of sp³-hybridized carbons (Fsp3) is 0.235. The van der Waals surface area contributed by atoms with Crippen molar-refractivity contribution in [2.75, 3.05) is 31.1 Å². The lowest BCUT2D eigenvalue weighted by atomic mass is 10.2. The molecule has 0 saturated carbocycles. The van der Waals surface area contributed by atoms with Crippen LogP contribution in [0.15, 0.2) is 53.0 Å². The van der Waals surface area contributed by atoms with Gasteiger partial charge >= 0.3 is 0 Å². The lowest BCUT2D eigenvalue weighted by molar-refractivity contribution is 0.390. The molecule has 0 aliphatic carbocycles. The summed E-state index contributed by atoms with van der Waals surface area (Å²) in [6.07, 6.45) is 0. The first-order valence-corrected chi connectivity index (χ1v) is 8.39. The normalized spacial score (nSPS) is 15.0. The summed E-state index contributed by atoms with van der Waals surface area (Å²) in [6, 6.07) is 15.0. The van der Waals surface area contributed by atoms with E-state index in [2.05, 4.69) is 25.7 Å². The quantitative estimate of drug-likeness (QED) is 0.726. The summed E-state index contributed by atoms with van der Waals surface area (Å²) in [6.45, 7) is 3.16. The minimum absolute atomic E-state index is 0.162. The second kappa shape index (κ2) is 6.75. The van der Waals surface area contributed by atoms with Gasteiger partial charge in [-0.05, 0) is 24.3 Å². The Bertz CT molecular complexity index is 684. The molecule has 3 rings (SSSR count). The van der Waals surface area contributed by atoms with Gasteiger partial charge in [0.2, 0.25) is 0 Å². The lowest BCUT2D eigenvalue weighted by Crippen LogP contribution is -2.48. The van der Waals surface area contributed by atoms with E-state index < -0.39 is 0 Å². The van der Waals surface area contributed by atoms with Crippen LogP contribution < -0.4 is 4.90 Å². The average Bonchev–Trinajstić information content (AvgIpc) is 2.55. The zero-order valence-electron chi connectivity index (χ0n) is 12.0. The summed E-state index contributed by atoms with van der Waals surface area (Å²) >= 11 is 9.07. The molecule has 0 radical (unpaired) electrons. The molecule has 2 aromatic carbocycles. The molecule has 1 aliphatic rings. The second-order valence-electron chi connectivity index (χ2n) is 5.24. The van der Waals surface area contributed by atoms with Crippen LogP contribution in [0.3, 0.4) is 0 Å². The van der Waals surface area contributed by atoms with Crippen LogP contribution in [-0.2, 0) is 0 Å². The Kier molecular flexibility index (Phi) is 4.74. The van der Waals surface area contributed by atoms with E-state index >= 15 is 0 Å². The van der Waals surface area contributed by atoms with Gasteiger partial charge in [-0.2, -0.15) is 0 Å². The first kappa shape index (κ1) is 15.4.